The number of furan rings is 1. The van der Waals surface area contributed by atoms with Gasteiger partial charge in [0, 0.05) is 5.56 Å². The second kappa shape index (κ2) is 7.93. The number of methoxy groups -OCH3 is 2. The number of H-pyrrole nitrogens is 1. The van der Waals surface area contributed by atoms with Gasteiger partial charge in [0.1, 0.15) is 28.5 Å². The fourth-order valence-electron chi connectivity index (χ4n) is 3.12. The molecule has 0 aliphatic carbocycles. The van der Waals surface area contributed by atoms with Gasteiger partial charge in [0.05, 0.1) is 26.2 Å². The van der Waals surface area contributed by atoms with Gasteiger partial charge >= 0.3 is 0 Å². The van der Waals surface area contributed by atoms with Crippen molar-refractivity contribution in [2.75, 3.05) is 19.5 Å². The van der Waals surface area contributed by atoms with Crippen LogP contribution in [-0.4, -0.2) is 30.3 Å². The van der Waals surface area contributed by atoms with Crippen LogP contribution in [0.2, 0.25) is 0 Å². The Hall–Kier alpha value is -4.00. The molecule has 2 N–H and O–H groups in total. The average Bonchev–Trinajstić information content (AvgIpc) is 3.43. The number of carbonyl (C=O) groups excluding carboxylic acids is 1. The maximum absolute atomic E-state index is 13.2. The molecular weight excluding hydrogens is 370 g/mol. The van der Waals surface area contributed by atoms with E-state index in [1.54, 1.807) is 36.6 Å². The van der Waals surface area contributed by atoms with E-state index in [1.807, 2.05) is 30.3 Å². The van der Waals surface area contributed by atoms with E-state index in [0.717, 1.165) is 5.56 Å². The summed E-state index contributed by atoms with van der Waals surface area (Å²) in [5.74, 6) is 0.991. The molecule has 2 aromatic heterocycles. The quantitative estimate of drug-likeness (QED) is 0.503. The number of amides is 1. The Morgan fingerprint density at radius 3 is 2.31 bits per heavy atom. The van der Waals surface area contributed by atoms with Gasteiger partial charge in [-0.05, 0) is 24.3 Å². The Bertz CT molecular complexity index is 1100. The van der Waals surface area contributed by atoms with Crippen molar-refractivity contribution in [1.29, 1.82) is 0 Å². The van der Waals surface area contributed by atoms with Crippen LogP contribution in [0.15, 0.2) is 71.3 Å². The van der Waals surface area contributed by atoms with Crippen molar-refractivity contribution in [1.82, 2.24) is 10.2 Å². The van der Waals surface area contributed by atoms with E-state index >= 15 is 0 Å². The van der Waals surface area contributed by atoms with Crippen LogP contribution in [0.25, 0.3) is 22.7 Å². The molecule has 0 radical (unpaired) electrons. The smallest absolute Gasteiger partial charge is 0.263 e. The van der Waals surface area contributed by atoms with E-state index in [2.05, 4.69) is 15.5 Å². The molecule has 1 amide bonds. The summed E-state index contributed by atoms with van der Waals surface area (Å²) in [5, 5.41) is 10.3. The molecule has 0 saturated carbocycles. The Labute approximate surface area is 167 Å². The predicted octanol–water partition coefficient (Wildman–Crippen LogP) is 4.61. The molecule has 0 aliphatic heterocycles. The Kier molecular flexibility index (Phi) is 5.03. The van der Waals surface area contributed by atoms with Gasteiger partial charge in [-0.3, -0.25) is 9.89 Å². The molecule has 2 heterocycles. The molecule has 4 rings (SSSR count). The molecule has 2 aromatic carbocycles. The Balaban J connectivity index is 1.81. The van der Waals surface area contributed by atoms with Crippen LogP contribution in [0.4, 0.5) is 5.69 Å². The summed E-state index contributed by atoms with van der Waals surface area (Å²) >= 11 is 0. The number of nitrogens with zero attached hydrogens (tertiary/aromatic N) is 1. The molecular formula is C22H19N3O4. The van der Waals surface area contributed by atoms with Crippen LogP contribution >= 0.6 is 0 Å². The highest BCUT2D eigenvalue weighted by Gasteiger charge is 2.24. The monoisotopic (exact) mass is 389 g/mol. The molecule has 0 fully saturated rings. The molecule has 0 unspecified atom stereocenters. The van der Waals surface area contributed by atoms with E-state index in [-0.39, 0.29) is 5.91 Å². The third kappa shape index (κ3) is 3.45. The lowest BCUT2D eigenvalue weighted by atomic mass is 10.1. The van der Waals surface area contributed by atoms with Crippen molar-refractivity contribution >= 4 is 11.6 Å². The van der Waals surface area contributed by atoms with E-state index in [4.69, 9.17) is 13.9 Å². The van der Waals surface area contributed by atoms with Crippen molar-refractivity contribution in [3.05, 3.63) is 72.5 Å². The molecule has 0 spiro atoms. The number of aromatic nitrogens is 2. The van der Waals surface area contributed by atoms with Gasteiger partial charge in [-0.1, -0.05) is 36.4 Å². The van der Waals surface area contributed by atoms with Crippen LogP contribution in [-0.2, 0) is 0 Å². The van der Waals surface area contributed by atoms with Crippen LogP contribution in [0, 0.1) is 0 Å². The lowest BCUT2D eigenvalue weighted by molar-refractivity contribution is 0.102. The topological polar surface area (TPSA) is 89.4 Å². The van der Waals surface area contributed by atoms with Gasteiger partial charge in [0.2, 0.25) is 0 Å². The molecule has 0 atom stereocenters. The molecule has 146 valence electrons. The summed E-state index contributed by atoms with van der Waals surface area (Å²) in [5.41, 5.74) is 2.81. The van der Waals surface area contributed by atoms with Crippen LogP contribution in [0.5, 0.6) is 11.5 Å². The van der Waals surface area contributed by atoms with Gasteiger partial charge < -0.3 is 19.2 Å². The Morgan fingerprint density at radius 2 is 1.69 bits per heavy atom. The van der Waals surface area contributed by atoms with Crippen molar-refractivity contribution in [3.63, 3.8) is 0 Å². The van der Waals surface area contributed by atoms with Gasteiger partial charge in [0.15, 0.2) is 5.76 Å². The predicted molar refractivity (Wildman–Crippen MR) is 109 cm³/mol. The molecule has 0 saturated heterocycles. The minimum absolute atomic E-state index is 0.295. The highest BCUT2D eigenvalue weighted by Crippen LogP contribution is 2.37. The molecule has 4 aromatic rings. The minimum Gasteiger partial charge on any atom is -0.496 e. The number of carbonyl (C=O) groups is 1. The molecule has 29 heavy (non-hydrogen) atoms. The number of hydrogen-bond acceptors (Lipinski definition) is 5. The lowest BCUT2D eigenvalue weighted by Crippen LogP contribution is -2.15. The second-order valence-corrected chi connectivity index (χ2v) is 6.16. The SMILES string of the molecule is COc1cccc(OC)c1C(=O)Nc1c(-c2ccccc2)n[nH]c1-c1ccco1. The summed E-state index contributed by atoms with van der Waals surface area (Å²) in [6, 6.07) is 18.3. The minimum atomic E-state index is -0.384. The van der Waals surface area contributed by atoms with E-state index in [0.29, 0.717) is 39.9 Å². The number of anilines is 1. The first kappa shape index (κ1) is 18.4. The zero-order valence-electron chi connectivity index (χ0n) is 15.9. The second-order valence-electron chi connectivity index (χ2n) is 6.16. The molecule has 7 heteroatoms. The van der Waals surface area contributed by atoms with Gasteiger partial charge in [0.25, 0.3) is 5.91 Å². The fraction of sp³-hybridized carbons (Fsp3) is 0.0909. The lowest BCUT2D eigenvalue weighted by Gasteiger charge is -2.13. The largest absolute Gasteiger partial charge is 0.496 e. The summed E-state index contributed by atoms with van der Waals surface area (Å²) in [4.78, 5) is 13.2. The van der Waals surface area contributed by atoms with Crippen molar-refractivity contribution < 1.29 is 18.7 Å². The summed E-state index contributed by atoms with van der Waals surface area (Å²) in [6.45, 7) is 0. The number of rotatable bonds is 6. The van der Waals surface area contributed by atoms with Crippen LogP contribution in [0.3, 0.4) is 0 Å². The standard InChI is InChI=1S/C22H19N3O4/c1-27-15-10-6-11-16(28-2)18(15)22(26)23-21-19(14-8-4-3-5-9-14)24-25-20(21)17-12-7-13-29-17/h3-13H,1-2H3,(H,23,26)(H,24,25). The number of nitrogens with one attached hydrogen (secondary N) is 2. The number of aromatic amines is 1. The van der Waals surface area contributed by atoms with Crippen LogP contribution < -0.4 is 14.8 Å². The van der Waals surface area contributed by atoms with Gasteiger partial charge in [-0.15, -0.1) is 0 Å². The normalized spacial score (nSPS) is 10.6. The number of hydrogen-bond donors (Lipinski definition) is 2. The number of ether oxygens (including phenoxy) is 2. The van der Waals surface area contributed by atoms with E-state index in [1.165, 1.54) is 14.2 Å². The molecule has 0 aliphatic rings. The average molecular weight is 389 g/mol. The third-order valence-corrected chi connectivity index (χ3v) is 4.47. The highest BCUT2D eigenvalue weighted by atomic mass is 16.5. The van der Waals surface area contributed by atoms with E-state index < -0.39 is 0 Å². The zero-order chi connectivity index (χ0) is 20.2. The first-order valence-electron chi connectivity index (χ1n) is 8.93. The summed E-state index contributed by atoms with van der Waals surface area (Å²) in [7, 11) is 3.01. The first-order valence-corrected chi connectivity index (χ1v) is 8.93. The van der Waals surface area contributed by atoms with Gasteiger partial charge in [-0.25, -0.2) is 0 Å². The molecule has 7 nitrogen and oxygen atoms in total. The zero-order valence-corrected chi connectivity index (χ0v) is 15.9. The maximum atomic E-state index is 13.2. The van der Waals surface area contributed by atoms with Crippen molar-refractivity contribution in [3.8, 4) is 34.2 Å². The number of benzene rings is 2. The third-order valence-electron chi connectivity index (χ3n) is 4.47. The Morgan fingerprint density at radius 1 is 0.966 bits per heavy atom. The van der Waals surface area contributed by atoms with Gasteiger partial charge in [-0.2, -0.15) is 5.10 Å². The summed E-state index contributed by atoms with van der Waals surface area (Å²) in [6.07, 6.45) is 1.56. The highest BCUT2D eigenvalue weighted by molar-refractivity contribution is 6.11. The fourth-order valence-corrected chi connectivity index (χ4v) is 3.12. The van der Waals surface area contributed by atoms with E-state index in [9.17, 15) is 4.79 Å². The van der Waals surface area contributed by atoms with Crippen molar-refractivity contribution in [2.24, 2.45) is 0 Å². The summed E-state index contributed by atoms with van der Waals surface area (Å²) < 4.78 is 16.2. The van der Waals surface area contributed by atoms with Crippen molar-refractivity contribution in [2.45, 2.75) is 0 Å². The van der Waals surface area contributed by atoms with Crippen LogP contribution in [0.1, 0.15) is 10.4 Å². The first-order chi connectivity index (χ1) is 14.2. The maximum Gasteiger partial charge on any atom is 0.263 e. The molecule has 0 bridgehead atoms.